The average molecular weight is 677 g/mol. The Kier molecular flexibility index (Phi) is 10.1. The molecule has 12 nitrogen and oxygen atoms in total. The number of piperazine rings is 1. The minimum Gasteiger partial charge on any atom is -0.507 e. The van der Waals surface area contributed by atoms with Gasteiger partial charge in [-0.05, 0) is 94.5 Å². The van der Waals surface area contributed by atoms with Crippen LogP contribution in [0.15, 0.2) is 42.7 Å². The van der Waals surface area contributed by atoms with Gasteiger partial charge in [-0.1, -0.05) is 0 Å². The molecule has 0 spiro atoms. The molecule has 4 N–H and O–H groups in total. The smallest absolute Gasteiger partial charge is 0.236 e. The molecule has 13 heteroatoms. The number of rotatable bonds is 11. The van der Waals surface area contributed by atoms with Crippen molar-refractivity contribution in [3.8, 4) is 5.75 Å². The van der Waals surface area contributed by atoms with Gasteiger partial charge in [0.15, 0.2) is 0 Å². The zero-order chi connectivity index (χ0) is 34.0. The zero-order valence-corrected chi connectivity index (χ0v) is 29.2. The summed E-state index contributed by atoms with van der Waals surface area (Å²) >= 11 is 0. The molecule has 2 saturated heterocycles. The lowest BCUT2D eigenvalue weighted by Crippen LogP contribution is -2.52. The molecule has 0 radical (unpaired) electrons. The van der Waals surface area contributed by atoms with Crippen LogP contribution >= 0.6 is 0 Å². The molecule has 2 aromatic heterocycles. The van der Waals surface area contributed by atoms with Crippen molar-refractivity contribution in [2.75, 3.05) is 74.7 Å². The third-order valence-electron chi connectivity index (χ3n) is 9.76. The number of likely N-dealkylation sites (N-methyl/N-ethyl adjacent to an activating group) is 1. The molecular weight excluding hydrogens is 629 g/mol. The van der Waals surface area contributed by atoms with Gasteiger partial charge < -0.3 is 30.6 Å². The number of aliphatic hydroxyl groups excluding tert-OH is 1. The van der Waals surface area contributed by atoms with Gasteiger partial charge in [-0.15, -0.1) is 0 Å². The number of nitrogens with zero attached hydrogens (tertiary/aromatic N) is 6. The molecule has 0 saturated carbocycles. The van der Waals surface area contributed by atoms with Crippen molar-refractivity contribution in [1.29, 1.82) is 0 Å². The van der Waals surface area contributed by atoms with Crippen molar-refractivity contribution in [2.24, 2.45) is 0 Å². The number of phenols is 1. The van der Waals surface area contributed by atoms with Crippen LogP contribution < -0.4 is 15.5 Å². The van der Waals surface area contributed by atoms with E-state index in [2.05, 4.69) is 56.4 Å². The predicted molar refractivity (Wildman–Crippen MR) is 193 cm³/mol. The van der Waals surface area contributed by atoms with Crippen LogP contribution in [-0.2, 0) is 16.4 Å². The summed E-state index contributed by atoms with van der Waals surface area (Å²) in [7, 11) is -1.41. The first-order chi connectivity index (χ1) is 23.0. The van der Waals surface area contributed by atoms with Gasteiger partial charge in [-0.25, -0.2) is 17.4 Å². The quantitative estimate of drug-likeness (QED) is 0.131. The number of aromatic nitrogens is 3. The number of benzene rings is 2. The molecule has 258 valence electrons. The highest BCUT2D eigenvalue weighted by atomic mass is 32.2. The molecule has 2 aromatic carbocycles. The van der Waals surface area contributed by atoms with Gasteiger partial charge in [0.2, 0.25) is 16.0 Å². The van der Waals surface area contributed by atoms with Gasteiger partial charge in [0.05, 0.1) is 17.5 Å². The van der Waals surface area contributed by atoms with Crippen LogP contribution in [-0.4, -0.2) is 108 Å². The predicted octanol–water partition coefficient (Wildman–Crippen LogP) is 4.58. The average Bonchev–Trinajstić information content (AvgIpc) is 3.53. The van der Waals surface area contributed by atoms with Gasteiger partial charge in [0.25, 0.3) is 0 Å². The Morgan fingerprint density at radius 3 is 2.40 bits per heavy atom. The first-order valence-electron chi connectivity index (χ1n) is 16.8. The van der Waals surface area contributed by atoms with Gasteiger partial charge in [-0.2, -0.15) is 4.98 Å². The number of piperidine rings is 1. The summed E-state index contributed by atoms with van der Waals surface area (Å²) in [4.78, 5) is 17.0. The summed E-state index contributed by atoms with van der Waals surface area (Å²) in [5.41, 5.74) is 6.12. The monoisotopic (exact) mass is 676 g/mol. The topological polar surface area (TPSA) is 139 Å². The Hall–Kier alpha value is -3.91. The first kappa shape index (κ1) is 34.0. The van der Waals surface area contributed by atoms with Crippen molar-refractivity contribution in [1.82, 2.24) is 23.7 Å². The molecule has 0 atom stereocenters. The van der Waals surface area contributed by atoms with E-state index < -0.39 is 10.0 Å². The van der Waals surface area contributed by atoms with E-state index in [-0.39, 0.29) is 12.4 Å². The Balaban J connectivity index is 1.23. The molecule has 0 amide bonds. The second kappa shape index (κ2) is 14.3. The minimum absolute atomic E-state index is 0.00664. The molecule has 4 aromatic rings. The molecule has 0 bridgehead atoms. The molecule has 2 aliphatic heterocycles. The van der Waals surface area contributed by atoms with Gasteiger partial charge in [-0.3, -0.25) is 4.90 Å². The second-order valence-corrected chi connectivity index (χ2v) is 15.1. The van der Waals surface area contributed by atoms with Crippen LogP contribution in [0.1, 0.15) is 42.4 Å². The minimum atomic E-state index is -3.62. The number of hydrogen-bond acceptors (Lipinski definition) is 11. The molecule has 2 fully saturated rings. The maximum atomic E-state index is 12.5. The van der Waals surface area contributed by atoms with E-state index in [9.17, 15) is 18.6 Å². The maximum absolute atomic E-state index is 12.5. The Morgan fingerprint density at radius 2 is 1.69 bits per heavy atom. The van der Waals surface area contributed by atoms with E-state index in [0.717, 1.165) is 98.4 Å². The summed E-state index contributed by atoms with van der Waals surface area (Å²) in [6.45, 7) is 10.8. The van der Waals surface area contributed by atoms with Crippen LogP contribution in [0.4, 0.5) is 28.8 Å². The van der Waals surface area contributed by atoms with Crippen LogP contribution in [0.2, 0.25) is 0 Å². The van der Waals surface area contributed by atoms with E-state index in [4.69, 9.17) is 4.98 Å². The van der Waals surface area contributed by atoms with E-state index >= 15 is 0 Å². The Bertz CT molecular complexity index is 1860. The maximum Gasteiger partial charge on any atom is 0.236 e. The second-order valence-electron chi connectivity index (χ2n) is 13.3. The van der Waals surface area contributed by atoms with Crippen molar-refractivity contribution >= 4 is 49.8 Å². The summed E-state index contributed by atoms with van der Waals surface area (Å²) in [5, 5.41) is 27.0. The number of aryl methyl sites for hydroxylation is 3. The number of unbranched alkanes of at least 4 members (excludes halogenated alkanes) is 1. The summed E-state index contributed by atoms with van der Waals surface area (Å²) in [6, 6.07) is 9.87. The van der Waals surface area contributed by atoms with Crippen LogP contribution in [0.3, 0.4) is 0 Å². The fourth-order valence-electron chi connectivity index (χ4n) is 6.92. The van der Waals surface area contributed by atoms with E-state index in [1.165, 1.54) is 23.5 Å². The Morgan fingerprint density at radius 1 is 0.938 bits per heavy atom. The summed E-state index contributed by atoms with van der Waals surface area (Å²) in [6.07, 6.45) is 9.12. The molecule has 48 heavy (non-hydrogen) atoms. The third kappa shape index (κ3) is 7.39. The molecule has 6 rings (SSSR count). The third-order valence-corrected chi connectivity index (χ3v) is 10.8. The SMILES string of the molecule is Cc1cc(N2CCC(N3CCN(C)CC3)CC2)c(CCCCO)cc1Nc1ncc(C)c(Nc2ccc(O)c3ccn(S(C)(=O)=O)c23)n1. The van der Waals surface area contributed by atoms with E-state index in [0.29, 0.717) is 34.4 Å². The lowest BCUT2D eigenvalue weighted by atomic mass is 9.97. The highest BCUT2D eigenvalue weighted by molar-refractivity contribution is 7.89. The van der Waals surface area contributed by atoms with Crippen LogP contribution in [0.5, 0.6) is 5.75 Å². The summed E-state index contributed by atoms with van der Waals surface area (Å²) < 4.78 is 26.2. The van der Waals surface area contributed by atoms with Crippen molar-refractivity contribution in [2.45, 2.75) is 52.0 Å². The highest BCUT2D eigenvalue weighted by Gasteiger charge is 2.28. The van der Waals surface area contributed by atoms with Crippen molar-refractivity contribution in [3.63, 3.8) is 0 Å². The number of aliphatic hydroxyl groups is 1. The van der Waals surface area contributed by atoms with E-state index in [1.54, 1.807) is 18.3 Å². The fourth-order valence-corrected chi connectivity index (χ4v) is 7.73. The molecule has 0 unspecified atom stereocenters. The summed E-state index contributed by atoms with van der Waals surface area (Å²) in [5.74, 6) is 0.913. The number of nitrogens with one attached hydrogen (secondary N) is 2. The number of aromatic hydroxyl groups is 1. The number of phenolic OH excluding ortho intramolecular Hbond substituents is 1. The van der Waals surface area contributed by atoms with Gasteiger partial charge >= 0.3 is 0 Å². The largest absolute Gasteiger partial charge is 0.507 e. The van der Waals surface area contributed by atoms with Gasteiger partial charge in [0, 0.05) is 86.6 Å². The first-order valence-corrected chi connectivity index (χ1v) is 18.7. The zero-order valence-electron chi connectivity index (χ0n) is 28.4. The number of fused-ring (bicyclic) bond motifs is 1. The molecule has 4 heterocycles. The molecular formula is C35H48N8O4S. The van der Waals surface area contributed by atoms with Crippen LogP contribution in [0, 0.1) is 13.8 Å². The van der Waals surface area contributed by atoms with Gasteiger partial charge in [0.1, 0.15) is 11.6 Å². The van der Waals surface area contributed by atoms with Crippen molar-refractivity contribution in [3.05, 3.63) is 59.4 Å². The molecule has 0 aliphatic carbocycles. The highest BCUT2D eigenvalue weighted by Crippen LogP contribution is 2.36. The Labute approximate surface area is 283 Å². The number of anilines is 5. The lowest BCUT2D eigenvalue weighted by molar-refractivity contribution is 0.0982. The fraction of sp³-hybridized carbons (Fsp3) is 0.486. The number of hydrogen-bond donors (Lipinski definition) is 4. The molecule has 2 aliphatic rings. The van der Waals surface area contributed by atoms with Crippen molar-refractivity contribution < 1.29 is 18.6 Å². The standard InChI is InChI=1S/C35H48N8O4S/c1-24-21-31(42-13-10-27(11-14-42)41-18-16-40(3)17-19-41)26(7-5-6-20-44)22-30(24)38-35-36-23-25(2)34(39-35)37-29-8-9-32(45)28-12-15-43(33(28)29)48(4,46)47/h8-9,12,15,21-23,27,44-45H,5-7,10-11,13-14,16-20H2,1-4H3,(H2,36,37,38,39). The lowest BCUT2D eigenvalue weighted by Gasteiger charge is -2.43. The van der Waals surface area contributed by atoms with E-state index in [1.807, 2.05) is 6.92 Å². The van der Waals surface area contributed by atoms with Crippen LogP contribution in [0.25, 0.3) is 10.9 Å². The normalized spacial score (nSPS) is 16.9.